The highest BCUT2D eigenvalue weighted by molar-refractivity contribution is 6.32. The molecule has 0 unspecified atom stereocenters. The first-order valence-corrected chi connectivity index (χ1v) is 12.6. The molecule has 0 bridgehead atoms. The Bertz CT molecular complexity index is 1510. The SMILES string of the molecule is COc1ncc(-c2cnc(N(C(=O)O)C3CCC(Nc4ncc(C(F)(F)F)c(-c5[nH]ncc5Cl)n4)CC3)cn2)cn1. The highest BCUT2D eigenvalue weighted by Crippen LogP contribution is 2.38. The van der Waals surface area contributed by atoms with Crippen LogP contribution in [0, 0.1) is 0 Å². The van der Waals surface area contributed by atoms with Gasteiger partial charge in [-0.3, -0.25) is 15.0 Å². The van der Waals surface area contributed by atoms with Crippen LogP contribution in [0.2, 0.25) is 5.02 Å². The first-order chi connectivity index (χ1) is 19.6. The Labute approximate surface area is 235 Å². The molecule has 4 heterocycles. The molecule has 13 nitrogen and oxygen atoms in total. The van der Waals surface area contributed by atoms with Crippen molar-refractivity contribution in [1.82, 2.24) is 40.1 Å². The summed E-state index contributed by atoms with van der Waals surface area (Å²) in [6, 6.07) is -0.386. The number of H-pyrrole nitrogens is 1. The largest absolute Gasteiger partial charge is 0.467 e. The van der Waals surface area contributed by atoms with Gasteiger partial charge in [0.25, 0.3) is 0 Å². The summed E-state index contributed by atoms with van der Waals surface area (Å²) < 4.78 is 45.7. The lowest BCUT2D eigenvalue weighted by atomic mass is 9.90. The molecule has 0 aliphatic heterocycles. The van der Waals surface area contributed by atoms with E-state index in [-0.39, 0.29) is 40.6 Å². The van der Waals surface area contributed by atoms with Gasteiger partial charge in [-0.25, -0.2) is 29.7 Å². The number of carbonyl (C=O) groups is 1. The average Bonchev–Trinajstić information content (AvgIpc) is 3.39. The van der Waals surface area contributed by atoms with Crippen LogP contribution >= 0.6 is 11.6 Å². The molecule has 1 aliphatic carbocycles. The van der Waals surface area contributed by atoms with Crippen molar-refractivity contribution in [3.63, 3.8) is 0 Å². The van der Waals surface area contributed by atoms with Crippen LogP contribution in [0.25, 0.3) is 22.6 Å². The summed E-state index contributed by atoms with van der Waals surface area (Å²) in [6.45, 7) is 0. The van der Waals surface area contributed by atoms with E-state index in [1.54, 1.807) is 0 Å². The van der Waals surface area contributed by atoms with Crippen molar-refractivity contribution >= 4 is 29.5 Å². The Morgan fingerprint density at radius 1 is 1.05 bits per heavy atom. The molecule has 1 aliphatic rings. The van der Waals surface area contributed by atoms with Crippen LogP contribution in [0.5, 0.6) is 6.01 Å². The summed E-state index contributed by atoms with van der Waals surface area (Å²) in [4.78, 5) is 37.9. The molecule has 4 aromatic heterocycles. The maximum Gasteiger partial charge on any atom is 0.420 e. The molecule has 17 heteroatoms. The second-order valence-electron chi connectivity index (χ2n) is 9.07. The Morgan fingerprint density at radius 3 is 2.34 bits per heavy atom. The van der Waals surface area contributed by atoms with Crippen molar-refractivity contribution in [1.29, 1.82) is 0 Å². The second-order valence-corrected chi connectivity index (χ2v) is 9.47. The zero-order valence-electron chi connectivity index (χ0n) is 21.3. The molecule has 214 valence electrons. The molecule has 0 radical (unpaired) electrons. The van der Waals surface area contributed by atoms with E-state index < -0.39 is 23.5 Å². The number of halogens is 4. The number of nitrogens with zero attached hydrogens (tertiary/aromatic N) is 8. The molecule has 41 heavy (non-hydrogen) atoms. The summed E-state index contributed by atoms with van der Waals surface area (Å²) in [5.74, 6) is 0.153. The van der Waals surface area contributed by atoms with Crippen LogP contribution in [-0.4, -0.2) is 70.5 Å². The Kier molecular flexibility index (Phi) is 7.83. The van der Waals surface area contributed by atoms with Crippen molar-refractivity contribution in [2.45, 2.75) is 43.9 Å². The van der Waals surface area contributed by atoms with Crippen LogP contribution in [0.3, 0.4) is 0 Å². The summed E-state index contributed by atoms with van der Waals surface area (Å²) in [5, 5.41) is 19.1. The lowest BCUT2D eigenvalue weighted by Crippen LogP contribution is -2.44. The number of hydrogen-bond acceptors (Lipinski definition) is 10. The Morgan fingerprint density at radius 2 is 1.78 bits per heavy atom. The van der Waals surface area contributed by atoms with Gasteiger partial charge in [-0.05, 0) is 25.7 Å². The van der Waals surface area contributed by atoms with Crippen molar-refractivity contribution in [3.8, 4) is 28.7 Å². The minimum Gasteiger partial charge on any atom is -0.467 e. The van der Waals surface area contributed by atoms with Gasteiger partial charge in [0.15, 0.2) is 5.82 Å². The molecular formula is C24H22ClF3N10O3. The molecule has 0 saturated heterocycles. The summed E-state index contributed by atoms with van der Waals surface area (Å²) >= 11 is 6.00. The molecule has 5 rings (SSSR count). The molecule has 0 aromatic carbocycles. The van der Waals surface area contributed by atoms with E-state index in [2.05, 4.69) is 45.4 Å². The normalized spacial score (nSPS) is 17.2. The van der Waals surface area contributed by atoms with E-state index >= 15 is 0 Å². The highest BCUT2D eigenvalue weighted by atomic mass is 35.5. The minimum absolute atomic E-state index is 0.0112. The number of aromatic amines is 1. The van der Waals surface area contributed by atoms with Gasteiger partial charge in [0.05, 0.1) is 36.4 Å². The zero-order valence-corrected chi connectivity index (χ0v) is 22.1. The molecule has 0 spiro atoms. The average molecular weight is 591 g/mol. The van der Waals surface area contributed by atoms with Crippen LogP contribution in [0.15, 0.2) is 37.2 Å². The van der Waals surface area contributed by atoms with Crippen molar-refractivity contribution in [3.05, 3.63) is 47.8 Å². The predicted molar refractivity (Wildman–Crippen MR) is 139 cm³/mol. The van der Waals surface area contributed by atoms with Crippen molar-refractivity contribution in [2.24, 2.45) is 0 Å². The minimum atomic E-state index is -4.70. The lowest BCUT2D eigenvalue weighted by molar-refractivity contribution is -0.137. The molecule has 3 N–H and O–H groups in total. The highest BCUT2D eigenvalue weighted by Gasteiger charge is 2.37. The van der Waals surface area contributed by atoms with Crippen LogP contribution in [-0.2, 0) is 6.18 Å². The molecular weight excluding hydrogens is 569 g/mol. The van der Waals surface area contributed by atoms with Crippen LogP contribution in [0.4, 0.5) is 29.7 Å². The maximum absolute atomic E-state index is 13.6. The molecule has 1 saturated carbocycles. The van der Waals surface area contributed by atoms with E-state index in [1.807, 2.05) is 0 Å². The van der Waals surface area contributed by atoms with Crippen LogP contribution in [0.1, 0.15) is 31.2 Å². The lowest BCUT2D eigenvalue weighted by Gasteiger charge is -2.34. The smallest absolute Gasteiger partial charge is 0.420 e. The van der Waals surface area contributed by atoms with E-state index in [0.29, 0.717) is 43.1 Å². The van der Waals surface area contributed by atoms with Gasteiger partial charge in [-0.15, -0.1) is 0 Å². The fourth-order valence-corrected chi connectivity index (χ4v) is 4.72. The number of anilines is 2. The quantitative estimate of drug-likeness (QED) is 0.273. The first kappa shape index (κ1) is 27.9. The maximum atomic E-state index is 13.6. The number of ether oxygens (including phenoxy) is 1. The molecule has 1 fully saturated rings. The van der Waals surface area contributed by atoms with Gasteiger partial charge in [0.1, 0.15) is 17.0 Å². The number of carboxylic acid groups (broad SMARTS) is 1. The number of alkyl halides is 3. The molecule has 0 atom stereocenters. The number of methoxy groups -OCH3 is 1. The first-order valence-electron chi connectivity index (χ1n) is 12.2. The van der Waals surface area contributed by atoms with Crippen LogP contribution < -0.4 is 15.0 Å². The third kappa shape index (κ3) is 6.11. The summed E-state index contributed by atoms with van der Waals surface area (Å²) in [5.41, 5.74) is -0.506. The Hall–Kier alpha value is -4.60. The van der Waals surface area contributed by atoms with Gasteiger partial charge >= 0.3 is 18.3 Å². The Balaban J connectivity index is 1.27. The number of nitrogens with one attached hydrogen (secondary N) is 2. The van der Waals surface area contributed by atoms with Gasteiger partial charge in [0.2, 0.25) is 5.95 Å². The van der Waals surface area contributed by atoms with E-state index in [0.717, 1.165) is 0 Å². The number of hydrogen-bond donors (Lipinski definition) is 3. The zero-order chi connectivity index (χ0) is 29.1. The fourth-order valence-electron chi connectivity index (χ4n) is 4.54. The predicted octanol–water partition coefficient (Wildman–Crippen LogP) is 4.70. The van der Waals surface area contributed by atoms with Crippen molar-refractivity contribution in [2.75, 3.05) is 17.3 Å². The number of aromatic nitrogens is 8. The van der Waals surface area contributed by atoms with Crippen molar-refractivity contribution < 1.29 is 27.8 Å². The van der Waals surface area contributed by atoms with Gasteiger partial charge < -0.3 is 15.2 Å². The van der Waals surface area contributed by atoms with E-state index in [1.165, 1.54) is 43.0 Å². The van der Waals surface area contributed by atoms with Gasteiger partial charge in [-0.2, -0.15) is 18.3 Å². The fraction of sp³-hybridized carbons (Fsp3) is 0.333. The molecule has 1 amide bonds. The summed E-state index contributed by atoms with van der Waals surface area (Å²) in [6.07, 6.45) is 3.78. The standard InChI is InChI=1S/C24H22ClF3N10O3/c1-41-22-32-6-12(7-33-22)17-10-30-18(11-29-17)38(23(39)40)14-4-2-13(3-5-14)35-21-31-8-15(24(26,27)28)19(36-21)20-16(25)9-34-37-20/h6-11,13-14H,2-5H2,1H3,(H,34,37)(H,39,40)(H,31,35,36). The topological polar surface area (TPSA) is 168 Å². The van der Waals surface area contributed by atoms with Gasteiger partial charge in [0, 0.05) is 36.2 Å². The number of amides is 1. The third-order valence-electron chi connectivity index (χ3n) is 6.52. The number of rotatable bonds is 7. The molecule has 4 aromatic rings. The van der Waals surface area contributed by atoms with Gasteiger partial charge in [-0.1, -0.05) is 11.6 Å². The van der Waals surface area contributed by atoms with E-state index in [9.17, 15) is 23.1 Å². The van der Waals surface area contributed by atoms with E-state index in [4.69, 9.17) is 16.3 Å². The monoisotopic (exact) mass is 590 g/mol. The third-order valence-corrected chi connectivity index (χ3v) is 6.80. The second kappa shape index (κ2) is 11.5. The summed E-state index contributed by atoms with van der Waals surface area (Å²) in [7, 11) is 1.45.